The minimum absolute atomic E-state index is 0.0982. The number of pyridine rings is 1. The molecule has 2 aromatic heterocycles. The minimum atomic E-state index is -2.55. The van der Waals surface area contributed by atoms with Crippen LogP contribution in [0.1, 0.15) is 61.1 Å². The summed E-state index contributed by atoms with van der Waals surface area (Å²) in [6, 6.07) is 3.21. The van der Waals surface area contributed by atoms with E-state index in [1.165, 1.54) is 12.3 Å². The van der Waals surface area contributed by atoms with Gasteiger partial charge in [-0.3, -0.25) is 4.68 Å². The average molecular weight is 399 g/mol. The smallest absolute Gasteiger partial charge is 0.341 e. The molecule has 2 heterocycles. The number of halogens is 3. The van der Waals surface area contributed by atoms with Crippen molar-refractivity contribution in [2.45, 2.75) is 51.1 Å². The molecule has 6 nitrogen and oxygen atoms in total. The molecule has 27 heavy (non-hydrogen) atoms. The molecule has 3 rings (SSSR count). The Bertz CT molecular complexity index is 791. The van der Waals surface area contributed by atoms with E-state index in [1.807, 2.05) is 0 Å². The highest BCUT2D eigenvalue weighted by Gasteiger charge is 2.25. The number of ether oxygens (including phenoxy) is 1. The zero-order chi connectivity index (χ0) is 19.4. The van der Waals surface area contributed by atoms with E-state index < -0.39 is 12.4 Å². The molecule has 1 N–H and O–H groups in total. The second-order valence-electron chi connectivity index (χ2n) is 6.44. The molecule has 146 valence electrons. The van der Waals surface area contributed by atoms with E-state index in [4.69, 9.17) is 16.3 Å². The third kappa shape index (κ3) is 4.74. The molecular weight excluding hydrogens is 378 g/mol. The normalized spacial score (nSPS) is 19.9. The molecule has 0 bridgehead atoms. The van der Waals surface area contributed by atoms with Crippen LogP contribution in [0.4, 0.5) is 14.5 Å². The first-order valence-corrected chi connectivity index (χ1v) is 9.28. The van der Waals surface area contributed by atoms with Gasteiger partial charge in [-0.25, -0.2) is 18.6 Å². The molecule has 0 aliphatic heterocycles. The molecule has 0 amide bonds. The van der Waals surface area contributed by atoms with Crippen molar-refractivity contribution in [3.05, 3.63) is 40.9 Å². The van der Waals surface area contributed by atoms with Crippen LogP contribution in [0.3, 0.4) is 0 Å². The third-order valence-electron chi connectivity index (χ3n) is 4.65. The fraction of sp³-hybridized carbons (Fsp3) is 0.500. The summed E-state index contributed by atoms with van der Waals surface area (Å²) in [4.78, 5) is 16.1. The zero-order valence-corrected chi connectivity index (χ0v) is 15.6. The van der Waals surface area contributed by atoms with Gasteiger partial charge in [0.05, 0.1) is 18.3 Å². The Hall–Kier alpha value is -2.22. The Labute approximate surface area is 160 Å². The highest BCUT2D eigenvalue weighted by atomic mass is 35.5. The van der Waals surface area contributed by atoms with Gasteiger partial charge in [0.25, 0.3) is 6.43 Å². The van der Waals surface area contributed by atoms with E-state index in [2.05, 4.69) is 15.4 Å². The van der Waals surface area contributed by atoms with E-state index in [9.17, 15) is 13.6 Å². The summed E-state index contributed by atoms with van der Waals surface area (Å²) in [5.41, 5.74) is 0.744. The maximum atomic E-state index is 12.7. The first kappa shape index (κ1) is 19.5. The maximum absolute atomic E-state index is 12.7. The van der Waals surface area contributed by atoms with E-state index in [0.29, 0.717) is 11.3 Å². The third-order valence-corrected chi connectivity index (χ3v) is 4.86. The van der Waals surface area contributed by atoms with Gasteiger partial charge in [0.2, 0.25) is 0 Å². The Morgan fingerprint density at radius 3 is 2.78 bits per heavy atom. The Morgan fingerprint density at radius 1 is 1.41 bits per heavy atom. The van der Waals surface area contributed by atoms with Gasteiger partial charge >= 0.3 is 5.97 Å². The number of aromatic nitrogens is 3. The number of hydrogen-bond donors (Lipinski definition) is 1. The van der Waals surface area contributed by atoms with Gasteiger partial charge in [0, 0.05) is 18.4 Å². The average Bonchev–Trinajstić information content (AvgIpc) is 3.13. The first-order chi connectivity index (χ1) is 13.0. The van der Waals surface area contributed by atoms with Gasteiger partial charge < -0.3 is 10.1 Å². The number of esters is 1. The predicted octanol–water partition coefficient (Wildman–Crippen LogP) is 4.64. The van der Waals surface area contributed by atoms with E-state index in [0.717, 1.165) is 25.7 Å². The SMILES string of the molecule is CCOC(=O)c1cnc(Cl)cc1NC1CCC(n2ccc(C(F)F)n2)CC1. The molecule has 1 fully saturated rings. The van der Waals surface area contributed by atoms with Crippen molar-refractivity contribution in [3.63, 3.8) is 0 Å². The van der Waals surface area contributed by atoms with Crippen LogP contribution >= 0.6 is 11.6 Å². The number of nitrogens with zero attached hydrogens (tertiary/aromatic N) is 3. The number of hydrogen-bond acceptors (Lipinski definition) is 5. The van der Waals surface area contributed by atoms with Crippen molar-refractivity contribution in [2.24, 2.45) is 0 Å². The van der Waals surface area contributed by atoms with Gasteiger partial charge in [0.15, 0.2) is 0 Å². The van der Waals surface area contributed by atoms with Crippen molar-refractivity contribution in [3.8, 4) is 0 Å². The van der Waals surface area contributed by atoms with Crippen LogP contribution in [0.25, 0.3) is 0 Å². The van der Waals surface area contributed by atoms with E-state index in [-0.39, 0.29) is 29.5 Å². The monoisotopic (exact) mass is 398 g/mol. The number of carbonyl (C=O) groups is 1. The summed E-state index contributed by atoms with van der Waals surface area (Å²) in [6.45, 7) is 2.01. The standard InChI is InChI=1S/C18H21ClF2N4O2/c1-2-27-18(26)13-10-22-16(19)9-15(13)23-11-3-5-12(6-4-11)25-8-7-14(24-25)17(20)21/h7-12,17H,2-6H2,1H3,(H,22,23). The summed E-state index contributed by atoms with van der Waals surface area (Å²) in [5.74, 6) is -0.450. The maximum Gasteiger partial charge on any atom is 0.341 e. The molecular formula is C18H21ClF2N4O2. The number of carbonyl (C=O) groups excluding carboxylic acids is 1. The highest BCUT2D eigenvalue weighted by molar-refractivity contribution is 6.29. The molecule has 1 aliphatic rings. The van der Waals surface area contributed by atoms with Crippen LogP contribution in [0.5, 0.6) is 0 Å². The van der Waals surface area contributed by atoms with Crippen LogP contribution < -0.4 is 5.32 Å². The van der Waals surface area contributed by atoms with Gasteiger partial charge in [-0.05, 0) is 44.7 Å². The van der Waals surface area contributed by atoms with Gasteiger partial charge in [0.1, 0.15) is 16.4 Å². The van der Waals surface area contributed by atoms with Crippen molar-refractivity contribution in [1.82, 2.24) is 14.8 Å². The Kier molecular flexibility index (Phi) is 6.26. The first-order valence-electron chi connectivity index (χ1n) is 8.90. The van der Waals surface area contributed by atoms with Crippen LogP contribution in [-0.4, -0.2) is 33.4 Å². The van der Waals surface area contributed by atoms with Gasteiger partial charge in [-0.15, -0.1) is 0 Å². The quantitative estimate of drug-likeness (QED) is 0.567. The fourth-order valence-corrected chi connectivity index (χ4v) is 3.46. The second kappa shape index (κ2) is 8.65. The second-order valence-corrected chi connectivity index (χ2v) is 6.83. The number of alkyl halides is 2. The largest absolute Gasteiger partial charge is 0.462 e. The molecule has 0 aromatic carbocycles. The van der Waals surface area contributed by atoms with Crippen molar-refractivity contribution >= 4 is 23.3 Å². The summed E-state index contributed by atoms with van der Waals surface area (Å²) < 4.78 is 32.1. The van der Waals surface area contributed by atoms with E-state index >= 15 is 0 Å². The molecule has 0 radical (unpaired) electrons. The van der Waals surface area contributed by atoms with Crippen molar-refractivity contribution in [1.29, 1.82) is 0 Å². The van der Waals surface area contributed by atoms with Gasteiger partial charge in [-0.1, -0.05) is 11.6 Å². The Balaban J connectivity index is 1.63. The van der Waals surface area contributed by atoms with Crippen LogP contribution in [-0.2, 0) is 4.74 Å². The summed E-state index contributed by atoms with van der Waals surface area (Å²) >= 11 is 5.97. The molecule has 0 atom stereocenters. The molecule has 1 aliphatic carbocycles. The van der Waals surface area contributed by atoms with Crippen LogP contribution in [0.15, 0.2) is 24.5 Å². The van der Waals surface area contributed by atoms with Gasteiger partial charge in [-0.2, -0.15) is 5.10 Å². The summed E-state index contributed by atoms with van der Waals surface area (Å²) in [7, 11) is 0. The topological polar surface area (TPSA) is 69.0 Å². The lowest BCUT2D eigenvalue weighted by Crippen LogP contribution is -2.28. The lowest BCUT2D eigenvalue weighted by Gasteiger charge is -2.30. The number of rotatable bonds is 6. The molecule has 2 aromatic rings. The number of anilines is 1. The highest BCUT2D eigenvalue weighted by Crippen LogP contribution is 2.31. The van der Waals surface area contributed by atoms with Crippen LogP contribution in [0, 0.1) is 0 Å². The van der Waals surface area contributed by atoms with Crippen molar-refractivity contribution in [2.75, 3.05) is 11.9 Å². The molecule has 0 saturated heterocycles. The fourth-order valence-electron chi connectivity index (χ4n) is 3.30. The Morgan fingerprint density at radius 2 is 2.15 bits per heavy atom. The molecule has 0 spiro atoms. The predicted molar refractivity (Wildman–Crippen MR) is 97.3 cm³/mol. The van der Waals surface area contributed by atoms with Crippen LogP contribution in [0.2, 0.25) is 5.15 Å². The van der Waals surface area contributed by atoms with Crippen molar-refractivity contribution < 1.29 is 18.3 Å². The molecule has 1 saturated carbocycles. The molecule has 0 unspecified atom stereocenters. The van der Waals surface area contributed by atoms with E-state index in [1.54, 1.807) is 23.9 Å². The zero-order valence-electron chi connectivity index (χ0n) is 14.9. The number of nitrogens with one attached hydrogen (secondary N) is 1. The summed E-state index contributed by atoms with van der Waals surface area (Å²) in [5, 5.41) is 7.61. The minimum Gasteiger partial charge on any atom is -0.462 e. The molecule has 9 heteroatoms. The summed E-state index contributed by atoms with van der Waals surface area (Å²) in [6.07, 6.45) is 3.70. The lowest BCUT2D eigenvalue weighted by atomic mass is 9.91. The lowest BCUT2D eigenvalue weighted by molar-refractivity contribution is 0.0527.